The maximum Gasteiger partial charge on any atom is 0.133 e. The first kappa shape index (κ1) is 15.3. The van der Waals surface area contributed by atoms with Gasteiger partial charge in [-0.15, -0.1) is 0 Å². The molecule has 1 fully saturated rings. The maximum absolute atomic E-state index is 9.41. The number of aliphatic hydroxyl groups is 1. The number of pyridine rings is 1. The number of nitrogens with one attached hydrogen (secondary N) is 1. The van der Waals surface area contributed by atoms with Gasteiger partial charge in [-0.05, 0) is 25.5 Å². The zero-order chi connectivity index (χ0) is 14.2. The number of aromatic nitrogens is 1. The van der Waals surface area contributed by atoms with Crippen LogP contribution in [0, 0.1) is 0 Å². The molecule has 112 valence electrons. The molecule has 0 bridgehead atoms. The van der Waals surface area contributed by atoms with Gasteiger partial charge in [0.05, 0.1) is 6.61 Å². The summed E-state index contributed by atoms with van der Waals surface area (Å²) in [5, 5.41) is 12.8. The van der Waals surface area contributed by atoms with Crippen molar-refractivity contribution in [1.82, 2.24) is 10.3 Å². The molecule has 4 heteroatoms. The van der Waals surface area contributed by atoms with E-state index in [2.05, 4.69) is 28.2 Å². The first-order chi connectivity index (χ1) is 9.86. The third-order valence-corrected chi connectivity index (χ3v) is 4.06. The Morgan fingerprint density at radius 1 is 1.35 bits per heavy atom. The molecule has 1 aromatic rings. The lowest BCUT2D eigenvalue weighted by molar-refractivity contribution is 0.289. The molecular weight excluding hydrogens is 250 g/mol. The fraction of sp³-hybridized carbons (Fsp3) is 0.688. The Balaban J connectivity index is 2.18. The van der Waals surface area contributed by atoms with E-state index in [0.29, 0.717) is 12.6 Å². The van der Waals surface area contributed by atoms with Crippen LogP contribution in [-0.2, 0) is 6.54 Å². The average Bonchev–Trinajstić information content (AvgIpc) is 2.52. The molecule has 1 aromatic heterocycles. The first-order valence-electron chi connectivity index (χ1n) is 7.89. The lowest BCUT2D eigenvalue weighted by Crippen LogP contribution is -2.40. The quantitative estimate of drug-likeness (QED) is 0.803. The van der Waals surface area contributed by atoms with E-state index in [1.54, 1.807) is 0 Å². The van der Waals surface area contributed by atoms with E-state index in [1.165, 1.54) is 37.7 Å². The molecule has 0 aromatic carbocycles. The van der Waals surface area contributed by atoms with Crippen molar-refractivity contribution in [3.05, 3.63) is 23.9 Å². The van der Waals surface area contributed by atoms with Crippen molar-refractivity contribution in [3.63, 3.8) is 0 Å². The second-order valence-corrected chi connectivity index (χ2v) is 5.48. The summed E-state index contributed by atoms with van der Waals surface area (Å²) < 4.78 is 0. The van der Waals surface area contributed by atoms with Crippen molar-refractivity contribution < 1.29 is 5.11 Å². The predicted octanol–water partition coefficient (Wildman–Crippen LogP) is 2.32. The Morgan fingerprint density at radius 3 is 2.85 bits per heavy atom. The largest absolute Gasteiger partial charge is 0.395 e. The molecule has 1 aliphatic rings. The molecule has 4 nitrogen and oxygen atoms in total. The van der Waals surface area contributed by atoms with Gasteiger partial charge >= 0.3 is 0 Å². The Morgan fingerprint density at radius 2 is 2.15 bits per heavy atom. The summed E-state index contributed by atoms with van der Waals surface area (Å²) in [7, 11) is 0. The van der Waals surface area contributed by atoms with Crippen molar-refractivity contribution in [2.45, 2.75) is 51.6 Å². The minimum atomic E-state index is 0.188. The second kappa shape index (κ2) is 8.22. The third-order valence-electron chi connectivity index (χ3n) is 4.06. The van der Waals surface area contributed by atoms with Gasteiger partial charge in [0.2, 0.25) is 0 Å². The third kappa shape index (κ3) is 3.93. The zero-order valence-electron chi connectivity index (χ0n) is 12.5. The van der Waals surface area contributed by atoms with Crippen LogP contribution in [0.3, 0.4) is 0 Å². The zero-order valence-corrected chi connectivity index (χ0v) is 12.5. The van der Waals surface area contributed by atoms with E-state index in [1.807, 2.05) is 12.3 Å². The number of nitrogens with zero attached hydrogens (tertiary/aromatic N) is 2. The van der Waals surface area contributed by atoms with Gasteiger partial charge in [0.1, 0.15) is 5.82 Å². The monoisotopic (exact) mass is 277 g/mol. The van der Waals surface area contributed by atoms with E-state index in [-0.39, 0.29) is 6.61 Å². The van der Waals surface area contributed by atoms with Crippen LogP contribution in [-0.4, -0.2) is 35.8 Å². The molecule has 0 spiro atoms. The standard InChI is InChI=1S/C16H27N3O/c1-2-17-13-14-7-6-10-18-16(14)19(11-12-20)15-8-4-3-5-9-15/h6-7,10,15,17,20H,2-5,8-9,11-13H2,1H3. The molecular formula is C16H27N3O. The van der Waals surface area contributed by atoms with E-state index in [9.17, 15) is 5.11 Å². The summed E-state index contributed by atoms with van der Waals surface area (Å²) in [6.07, 6.45) is 8.23. The Labute approximate surface area is 122 Å². The summed E-state index contributed by atoms with van der Waals surface area (Å²) in [5.41, 5.74) is 1.23. The highest BCUT2D eigenvalue weighted by molar-refractivity contribution is 5.47. The molecule has 0 amide bonds. The Hall–Kier alpha value is -1.13. The second-order valence-electron chi connectivity index (χ2n) is 5.48. The van der Waals surface area contributed by atoms with Crippen LogP contribution in [0.25, 0.3) is 0 Å². The summed E-state index contributed by atoms with van der Waals surface area (Å²) in [4.78, 5) is 6.93. The highest BCUT2D eigenvalue weighted by Crippen LogP contribution is 2.28. The summed E-state index contributed by atoms with van der Waals surface area (Å²) in [6.45, 7) is 4.78. The maximum atomic E-state index is 9.41. The van der Waals surface area contributed by atoms with Crippen molar-refractivity contribution >= 4 is 5.82 Å². The van der Waals surface area contributed by atoms with Crippen LogP contribution in [0.2, 0.25) is 0 Å². The van der Waals surface area contributed by atoms with E-state index in [4.69, 9.17) is 0 Å². The molecule has 0 radical (unpaired) electrons. The van der Waals surface area contributed by atoms with Gasteiger partial charge in [0.25, 0.3) is 0 Å². The van der Waals surface area contributed by atoms with Crippen molar-refractivity contribution in [3.8, 4) is 0 Å². The van der Waals surface area contributed by atoms with Gasteiger partial charge in [-0.25, -0.2) is 4.98 Å². The molecule has 0 saturated heterocycles. The van der Waals surface area contributed by atoms with Crippen molar-refractivity contribution in [1.29, 1.82) is 0 Å². The fourth-order valence-corrected chi connectivity index (χ4v) is 3.05. The van der Waals surface area contributed by atoms with Crippen molar-refractivity contribution in [2.24, 2.45) is 0 Å². The number of aliphatic hydroxyl groups excluding tert-OH is 1. The normalized spacial score (nSPS) is 16.3. The number of hydrogen-bond donors (Lipinski definition) is 2. The summed E-state index contributed by atoms with van der Waals surface area (Å²) in [6, 6.07) is 4.66. The first-order valence-corrected chi connectivity index (χ1v) is 7.89. The van der Waals surface area contributed by atoms with Crippen LogP contribution < -0.4 is 10.2 Å². The topological polar surface area (TPSA) is 48.4 Å². The van der Waals surface area contributed by atoms with Crippen LogP contribution in [0.4, 0.5) is 5.82 Å². The van der Waals surface area contributed by atoms with E-state index < -0.39 is 0 Å². The summed E-state index contributed by atoms with van der Waals surface area (Å²) >= 11 is 0. The number of hydrogen-bond acceptors (Lipinski definition) is 4. The average molecular weight is 277 g/mol. The molecule has 1 aliphatic carbocycles. The Kier molecular flexibility index (Phi) is 6.27. The van der Waals surface area contributed by atoms with Crippen LogP contribution in [0.5, 0.6) is 0 Å². The van der Waals surface area contributed by atoms with Gasteiger partial charge in [-0.1, -0.05) is 32.3 Å². The highest BCUT2D eigenvalue weighted by Gasteiger charge is 2.23. The van der Waals surface area contributed by atoms with Gasteiger partial charge in [-0.3, -0.25) is 0 Å². The molecule has 20 heavy (non-hydrogen) atoms. The molecule has 0 atom stereocenters. The SMILES string of the molecule is CCNCc1cccnc1N(CCO)C1CCCCC1. The summed E-state index contributed by atoms with van der Waals surface area (Å²) in [5.74, 6) is 1.05. The fourth-order valence-electron chi connectivity index (χ4n) is 3.05. The molecule has 2 N–H and O–H groups in total. The molecule has 0 aliphatic heterocycles. The Bertz CT molecular complexity index is 391. The van der Waals surface area contributed by atoms with Crippen LogP contribution in [0.15, 0.2) is 18.3 Å². The van der Waals surface area contributed by atoms with Crippen LogP contribution >= 0.6 is 0 Å². The van der Waals surface area contributed by atoms with Crippen LogP contribution in [0.1, 0.15) is 44.6 Å². The molecule has 0 unspecified atom stereocenters. The molecule has 2 rings (SSSR count). The van der Waals surface area contributed by atoms with E-state index in [0.717, 1.165) is 18.9 Å². The highest BCUT2D eigenvalue weighted by atomic mass is 16.3. The number of rotatable bonds is 7. The molecule has 1 saturated carbocycles. The lowest BCUT2D eigenvalue weighted by atomic mass is 9.94. The smallest absolute Gasteiger partial charge is 0.133 e. The molecule has 1 heterocycles. The van der Waals surface area contributed by atoms with Gasteiger partial charge in [0, 0.05) is 30.9 Å². The van der Waals surface area contributed by atoms with Gasteiger partial charge < -0.3 is 15.3 Å². The van der Waals surface area contributed by atoms with Gasteiger partial charge in [0.15, 0.2) is 0 Å². The minimum absolute atomic E-state index is 0.188. The number of anilines is 1. The van der Waals surface area contributed by atoms with Crippen molar-refractivity contribution in [2.75, 3.05) is 24.6 Å². The van der Waals surface area contributed by atoms with E-state index >= 15 is 0 Å². The predicted molar refractivity (Wildman–Crippen MR) is 82.9 cm³/mol. The minimum Gasteiger partial charge on any atom is -0.395 e. The van der Waals surface area contributed by atoms with Gasteiger partial charge in [-0.2, -0.15) is 0 Å². The lowest BCUT2D eigenvalue weighted by Gasteiger charge is -2.36.